The second kappa shape index (κ2) is 14.0. The van der Waals surface area contributed by atoms with Crippen molar-refractivity contribution in [2.75, 3.05) is 6.54 Å². The summed E-state index contributed by atoms with van der Waals surface area (Å²) >= 11 is 0. The van der Waals surface area contributed by atoms with E-state index in [0.29, 0.717) is 11.5 Å². The van der Waals surface area contributed by atoms with E-state index in [0.717, 1.165) is 24.3 Å². The van der Waals surface area contributed by atoms with Crippen LogP contribution in [0, 0.1) is 11.7 Å². The van der Waals surface area contributed by atoms with E-state index in [-0.39, 0.29) is 22.8 Å². The molecule has 13 heteroatoms. The molecule has 2 amide bonds. The lowest BCUT2D eigenvalue weighted by molar-refractivity contribution is -0.123. The summed E-state index contributed by atoms with van der Waals surface area (Å²) in [5, 5.41) is 24.4. The number of amides is 2. The minimum atomic E-state index is -4.17. The molecule has 2 atom stereocenters. The fourth-order valence-electron chi connectivity index (χ4n) is 3.69. The van der Waals surface area contributed by atoms with Crippen molar-refractivity contribution >= 4 is 29.0 Å². The minimum Gasteiger partial charge on any atom is -0.457 e. The smallest absolute Gasteiger partial charge is 0.457 e. The van der Waals surface area contributed by atoms with Crippen LogP contribution < -0.4 is 20.1 Å². The van der Waals surface area contributed by atoms with Gasteiger partial charge in [-0.15, -0.1) is 0 Å². The molecule has 3 aromatic carbocycles. The zero-order valence-corrected chi connectivity index (χ0v) is 22.8. The van der Waals surface area contributed by atoms with Crippen molar-refractivity contribution in [2.24, 2.45) is 5.92 Å². The normalized spacial score (nSPS) is 12.8. The molecule has 0 aliphatic rings. The number of sulfonamides is 1. The van der Waals surface area contributed by atoms with Crippen molar-refractivity contribution in [3.8, 4) is 11.5 Å². The van der Waals surface area contributed by atoms with Crippen LogP contribution in [0.4, 0.5) is 4.39 Å². The number of hydrogen-bond donors (Lipinski definition) is 5. The van der Waals surface area contributed by atoms with Gasteiger partial charge < -0.3 is 25.4 Å². The van der Waals surface area contributed by atoms with Crippen molar-refractivity contribution < 1.29 is 37.2 Å². The number of carbonyl (C=O) groups is 2. The van der Waals surface area contributed by atoms with Crippen molar-refractivity contribution in [1.82, 2.24) is 15.4 Å². The molecule has 0 aliphatic heterocycles. The van der Waals surface area contributed by atoms with Gasteiger partial charge in [0.1, 0.15) is 23.4 Å². The third-order valence-corrected chi connectivity index (χ3v) is 7.17. The Morgan fingerprint density at radius 2 is 1.50 bits per heavy atom. The van der Waals surface area contributed by atoms with Crippen LogP contribution in [-0.2, 0) is 14.8 Å². The average molecular weight is 571 g/mol. The maximum absolute atomic E-state index is 13.2. The lowest BCUT2D eigenvalue weighted by atomic mass is 9.75. The summed E-state index contributed by atoms with van der Waals surface area (Å²) in [6.07, 6.45) is 0.217. The van der Waals surface area contributed by atoms with E-state index >= 15 is 0 Å². The maximum Gasteiger partial charge on any atom is 0.475 e. The van der Waals surface area contributed by atoms with Crippen LogP contribution >= 0.6 is 0 Å². The van der Waals surface area contributed by atoms with E-state index in [9.17, 15) is 32.4 Å². The van der Waals surface area contributed by atoms with E-state index in [1.54, 1.807) is 24.3 Å². The molecule has 0 aliphatic carbocycles. The van der Waals surface area contributed by atoms with Crippen molar-refractivity contribution in [2.45, 2.75) is 37.1 Å². The Hall–Kier alpha value is -3.78. The molecule has 212 valence electrons. The molecule has 0 saturated heterocycles. The molecule has 0 heterocycles. The van der Waals surface area contributed by atoms with Gasteiger partial charge in [0, 0.05) is 12.1 Å². The first-order chi connectivity index (χ1) is 18.9. The second-order valence-electron chi connectivity index (χ2n) is 9.43. The molecule has 3 rings (SSSR count). The number of halogens is 1. The predicted octanol–water partition coefficient (Wildman–Crippen LogP) is 2.24. The molecule has 10 nitrogen and oxygen atoms in total. The van der Waals surface area contributed by atoms with Gasteiger partial charge in [-0.3, -0.25) is 9.59 Å². The van der Waals surface area contributed by atoms with Crippen LogP contribution in [0.2, 0.25) is 0 Å². The average Bonchev–Trinajstić information content (AvgIpc) is 2.91. The van der Waals surface area contributed by atoms with E-state index in [4.69, 9.17) is 4.74 Å². The highest BCUT2D eigenvalue weighted by atomic mass is 32.2. The maximum atomic E-state index is 13.2. The quantitative estimate of drug-likeness (QED) is 0.197. The monoisotopic (exact) mass is 571 g/mol. The molecule has 0 radical (unpaired) electrons. The first-order valence-electron chi connectivity index (χ1n) is 12.5. The van der Waals surface area contributed by atoms with Gasteiger partial charge in [0.25, 0.3) is 5.91 Å². The third kappa shape index (κ3) is 9.16. The van der Waals surface area contributed by atoms with Gasteiger partial charge in [-0.05, 0) is 73.0 Å². The number of hydrogen-bond acceptors (Lipinski definition) is 7. The molecular weight excluding hydrogens is 540 g/mol. The molecule has 5 N–H and O–H groups in total. The summed E-state index contributed by atoms with van der Waals surface area (Å²) in [5.41, 5.74) is 0.167. The summed E-state index contributed by atoms with van der Waals surface area (Å²) in [7, 11) is -6.05. The number of benzene rings is 3. The van der Waals surface area contributed by atoms with Crippen LogP contribution in [0.5, 0.6) is 11.5 Å². The van der Waals surface area contributed by atoms with Crippen LogP contribution in [0.25, 0.3) is 0 Å². The molecule has 0 unspecified atom stereocenters. The highest BCUT2D eigenvalue weighted by Crippen LogP contribution is 2.21. The lowest BCUT2D eigenvalue weighted by Crippen LogP contribution is -2.57. The second-order valence-corrected chi connectivity index (χ2v) is 11.2. The Morgan fingerprint density at radius 1 is 0.900 bits per heavy atom. The largest absolute Gasteiger partial charge is 0.475 e. The van der Waals surface area contributed by atoms with Crippen molar-refractivity contribution in [3.05, 3.63) is 90.2 Å². The highest BCUT2D eigenvalue weighted by molar-refractivity contribution is 7.89. The predicted molar refractivity (Wildman–Crippen MR) is 147 cm³/mol. The third-order valence-electron chi connectivity index (χ3n) is 5.73. The van der Waals surface area contributed by atoms with Crippen LogP contribution in [0.3, 0.4) is 0 Å². The summed E-state index contributed by atoms with van der Waals surface area (Å²) in [4.78, 5) is 25.9. The Balaban J connectivity index is 1.76. The van der Waals surface area contributed by atoms with Gasteiger partial charge in [0.15, 0.2) is 0 Å². The van der Waals surface area contributed by atoms with E-state index in [2.05, 4.69) is 15.4 Å². The van der Waals surface area contributed by atoms with Crippen molar-refractivity contribution in [3.63, 3.8) is 0 Å². The van der Waals surface area contributed by atoms with Gasteiger partial charge in [0.05, 0.1) is 10.8 Å². The Kier molecular flexibility index (Phi) is 10.8. The molecule has 0 saturated carbocycles. The van der Waals surface area contributed by atoms with Gasteiger partial charge in [-0.25, -0.2) is 17.5 Å². The van der Waals surface area contributed by atoms with E-state index in [1.807, 2.05) is 32.0 Å². The highest BCUT2D eigenvalue weighted by Gasteiger charge is 2.31. The van der Waals surface area contributed by atoms with E-state index in [1.165, 1.54) is 12.1 Å². The fourth-order valence-corrected chi connectivity index (χ4v) is 4.73. The SMILES string of the molecule is CC(C)C[C@H](NC(=O)[C@H](CNS(=O)(=O)c1ccc(F)cc1)NC(=O)c1ccc(Oc2ccccc2)cc1)B(O)O. The molecule has 0 aromatic heterocycles. The van der Waals surface area contributed by atoms with Gasteiger partial charge in [-0.2, -0.15) is 0 Å². The minimum absolute atomic E-state index is 0.00580. The van der Waals surface area contributed by atoms with Gasteiger partial charge in [-0.1, -0.05) is 32.0 Å². The molecule has 0 fully saturated rings. The van der Waals surface area contributed by atoms with Crippen LogP contribution in [-0.4, -0.2) is 55.9 Å². The molecular formula is C27H31BFN3O7S. The first-order valence-corrected chi connectivity index (χ1v) is 14.0. The Morgan fingerprint density at radius 3 is 2.08 bits per heavy atom. The van der Waals surface area contributed by atoms with Crippen LogP contribution in [0.1, 0.15) is 30.6 Å². The summed E-state index contributed by atoms with van der Waals surface area (Å²) in [5.74, 6) is -2.13. The Labute approximate surface area is 232 Å². The zero-order valence-electron chi connectivity index (χ0n) is 22.0. The van der Waals surface area contributed by atoms with Gasteiger partial charge >= 0.3 is 7.12 Å². The topological polar surface area (TPSA) is 154 Å². The summed E-state index contributed by atoms with van der Waals surface area (Å²) in [6.45, 7) is 3.08. The zero-order chi connectivity index (χ0) is 29.3. The number of para-hydroxylation sites is 1. The first kappa shape index (κ1) is 30.8. The lowest BCUT2D eigenvalue weighted by Gasteiger charge is -2.24. The molecule has 0 spiro atoms. The van der Waals surface area contributed by atoms with Crippen molar-refractivity contribution in [1.29, 1.82) is 0 Å². The molecule has 0 bridgehead atoms. The number of rotatable bonds is 13. The molecule has 3 aromatic rings. The fraction of sp³-hybridized carbons (Fsp3) is 0.259. The Bertz CT molecular complexity index is 1370. The summed E-state index contributed by atoms with van der Waals surface area (Å²) in [6, 6.07) is 17.7. The number of nitrogens with one attached hydrogen (secondary N) is 3. The number of ether oxygens (including phenoxy) is 1. The van der Waals surface area contributed by atoms with Gasteiger partial charge in [0.2, 0.25) is 15.9 Å². The van der Waals surface area contributed by atoms with E-state index < -0.39 is 53.3 Å². The molecule has 40 heavy (non-hydrogen) atoms. The summed E-state index contributed by atoms with van der Waals surface area (Å²) < 4.78 is 46.6. The standard InChI is InChI=1S/C27H31BFN3O7S/c1-18(2)16-25(28(35)36)32-27(34)24(17-30-40(37,38)23-14-10-20(29)11-15-23)31-26(33)19-8-12-22(13-9-19)39-21-6-4-3-5-7-21/h3-15,18,24-25,30,35-36H,16-17H2,1-2H3,(H,31,33)(H,32,34)/t24-,25-/m0/s1. The number of carbonyl (C=O) groups excluding carboxylic acids is 2. The van der Waals surface area contributed by atoms with Crippen LogP contribution in [0.15, 0.2) is 83.8 Å².